The second kappa shape index (κ2) is 4.05. The van der Waals surface area contributed by atoms with Crippen molar-refractivity contribution in [3.63, 3.8) is 0 Å². The van der Waals surface area contributed by atoms with Crippen molar-refractivity contribution in [3.8, 4) is 11.3 Å². The van der Waals surface area contributed by atoms with Crippen LogP contribution in [0.1, 0.15) is 16.8 Å². The summed E-state index contributed by atoms with van der Waals surface area (Å²) in [6.45, 7) is 6.31. The number of aryl methyl sites for hydroxylation is 3. The molecule has 0 unspecified atom stereocenters. The van der Waals surface area contributed by atoms with Gasteiger partial charge < -0.3 is 10.3 Å². The molecule has 1 heterocycles. The van der Waals surface area contributed by atoms with Gasteiger partial charge in [-0.05, 0) is 38.0 Å². The Morgan fingerprint density at radius 3 is 2.25 bits per heavy atom. The first-order valence-electron chi connectivity index (χ1n) is 5.49. The molecule has 2 nitrogen and oxygen atoms in total. The molecule has 0 spiro atoms. The lowest BCUT2D eigenvalue weighted by molar-refractivity contribution is 1.23. The van der Waals surface area contributed by atoms with E-state index in [4.69, 9.17) is 0 Å². The average Bonchev–Trinajstić information content (AvgIpc) is 2.59. The molecule has 2 rings (SSSR count). The Balaban J connectivity index is 2.45. The first-order chi connectivity index (χ1) is 7.61. The number of rotatable bonds is 2. The van der Waals surface area contributed by atoms with Crippen molar-refractivity contribution >= 4 is 5.69 Å². The number of benzene rings is 1. The Morgan fingerprint density at radius 1 is 1.00 bits per heavy atom. The molecule has 1 N–H and O–H groups in total. The summed E-state index contributed by atoms with van der Waals surface area (Å²) >= 11 is 0. The quantitative estimate of drug-likeness (QED) is 0.773. The number of H-pyrrole nitrogens is 1. The van der Waals surface area contributed by atoms with Crippen molar-refractivity contribution < 1.29 is 0 Å². The van der Waals surface area contributed by atoms with Crippen LogP contribution < -0.4 is 0 Å². The predicted octanol–water partition coefficient (Wildman–Crippen LogP) is 4.24. The maximum Gasteiger partial charge on any atom is 0.0458 e. The Bertz CT molecular complexity index is 490. The highest BCUT2D eigenvalue weighted by Crippen LogP contribution is 2.28. The Hall–Kier alpha value is -1.70. The highest BCUT2D eigenvalue weighted by molar-refractivity contribution is 5.68. The molecule has 0 amide bonds. The highest BCUT2D eigenvalue weighted by atomic mass is 14.8. The van der Waals surface area contributed by atoms with Crippen molar-refractivity contribution in [2.75, 3.05) is 7.05 Å². The normalized spacial score (nSPS) is 10.5. The first-order valence-corrected chi connectivity index (χ1v) is 5.49. The molecule has 84 valence electrons. The standard InChI is InChI=1S/C14H17N2/c1-9-8-14(16-11(9)3)12-5-6-13(15-4)10(2)7-12/h5-8,16H,1-4H3/q-1. The van der Waals surface area contributed by atoms with Crippen LogP contribution in [-0.2, 0) is 0 Å². The number of hydrogen-bond acceptors (Lipinski definition) is 0. The third-order valence-electron chi connectivity index (χ3n) is 3.02. The lowest BCUT2D eigenvalue weighted by Gasteiger charge is -2.17. The lowest BCUT2D eigenvalue weighted by Crippen LogP contribution is -1.81. The van der Waals surface area contributed by atoms with Crippen LogP contribution in [0, 0.1) is 20.8 Å². The third-order valence-corrected chi connectivity index (χ3v) is 3.02. The zero-order chi connectivity index (χ0) is 11.7. The van der Waals surface area contributed by atoms with Gasteiger partial charge in [-0.15, -0.1) is 12.7 Å². The first kappa shape index (κ1) is 10.8. The molecule has 0 aliphatic heterocycles. The van der Waals surface area contributed by atoms with E-state index < -0.39 is 0 Å². The van der Waals surface area contributed by atoms with Crippen LogP contribution in [0.3, 0.4) is 0 Å². The van der Waals surface area contributed by atoms with Gasteiger partial charge in [0, 0.05) is 11.4 Å². The third kappa shape index (κ3) is 1.83. The van der Waals surface area contributed by atoms with Crippen molar-refractivity contribution in [1.29, 1.82) is 0 Å². The number of hydrogen-bond donors (Lipinski definition) is 1. The maximum absolute atomic E-state index is 4.22. The largest absolute Gasteiger partial charge is 0.687 e. The molecule has 0 bridgehead atoms. The molecule has 0 fully saturated rings. The van der Waals surface area contributed by atoms with E-state index in [2.05, 4.69) is 55.3 Å². The summed E-state index contributed by atoms with van der Waals surface area (Å²) in [5.41, 5.74) is 7.21. The van der Waals surface area contributed by atoms with Crippen molar-refractivity contribution in [3.05, 3.63) is 46.4 Å². The number of nitrogens with zero attached hydrogens (tertiary/aromatic N) is 1. The molecule has 1 aromatic heterocycles. The van der Waals surface area contributed by atoms with Gasteiger partial charge in [-0.25, -0.2) is 0 Å². The molecular formula is C14H17N2-. The molecule has 16 heavy (non-hydrogen) atoms. The summed E-state index contributed by atoms with van der Waals surface area (Å²) in [6.07, 6.45) is 0. The van der Waals surface area contributed by atoms with E-state index in [1.54, 1.807) is 0 Å². The SMILES string of the molecule is C[N-]c1ccc(-c2cc(C)c(C)[nH]2)cc1C. The highest BCUT2D eigenvalue weighted by Gasteiger charge is 2.03. The molecule has 1 aromatic carbocycles. The van der Waals surface area contributed by atoms with Crippen LogP contribution >= 0.6 is 0 Å². The second-order valence-corrected chi connectivity index (χ2v) is 4.22. The van der Waals surface area contributed by atoms with E-state index in [0.717, 1.165) is 5.69 Å². The Kier molecular flexibility index (Phi) is 2.73. The van der Waals surface area contributed by atoms with E-state index in [0.29, 0.717) is 0 Å². The molecule has 0 saturated carbocycles. The minimum atomic E-state index is 1.06. The fourth-order valence-electron chi connectivity index (χ4n) is 1.89. The molecule has 2 aromatic rings. The minimum absolute atomic E-state index is 1.06. The number of aromatic amines is 1. The molecule has 0 saturated heterocycles. The van der Waals surface area contributed by atoms with Crippen molar-refractivity contribution in [2.24, 2.45) is 0 Å². The van der Waals surface area contributed by atoms with Gasteiger partial charge >= 0.3 is 0 Å². The maximum atomic E-state index is 4.22. The van der Waals surface area contributed by atoms with Gasteiger partial charge in [0.1, 0.15) is 0 Å². The molecule has 0 atom stereocenters. The predicted molar refractivity (Wildman–Crippen MR) is 69.4 cm³/mol. The van der Waals surface area contributed by atoms with Crippen LogP contribution in [0.5, 0.6) is 0 Å². The van der Waals surface area contributed by atoms with E-state index in [1.807, 2.05) is 7.05 Å². The van der Waals surface area contributed by atoms with E-state index in [-0.39, 0.29) is 0 Å². The Labute approximate surface area is 96.7 Å². The van der Waals surface area contributed by atoms with Gasteiger partial charge in [-0.3, -0.25) is 0 Å². The van der Waals surface area contributed by atoms with Gasteiger partial charge in [-0.1, -0.05) is 23.8 Å². The molecule has 0 aliphatic rings. The smallest absolute Gasteiger partial charge is 0.0458 e. The minimum Gasteiger partial charge on any atom is -0.687 e. The second-order valence-electron chi connectivity index (χ2n) is 4.22. The lowest BCUT2D eigenvalue weighted by atomic mass is 10.1. The van der Waals surface area contributed by atoms with Crippen molar-refractivity contribution in [2.45, 2.75) is 20.8 Å². The van der Waals surface area contributed by atoms with Crippen LogP contribution in [0.15, 0.2) is 24.3 Å². The van der Waals surface area contributed by atoms with Gasteiger partial charge in [0.25, 0.3) is 0 Å². The van der Waals surface area contributed by atoms with Crippen LogP contribution in [-0.4, -0.2) is 12.0 Å². The zero-order valence-corrected chi connectivity index (χ0v) is 10.3. The van der Waals surface area contributed by atoms with Crippen LogP contribution in [0.4, 0.5) is 5.69 Å². The van der Waals surface area contributed by atoms with E-state index in [1.165, 1.54) is 28.1 Å². The molecule has 0 radical (unpaired) electrons. The Morgan fingerprint density at radius 2 is 1.75 bits per heavy atom. The van der Waals surface area contributed by atoms with E-state index in [9.17, 15) is 0 Å². The van der Waals surface area contributed by atoms with Crippen molar-refractivity contribution in [1.82, 2.24) is 4.98 Å². The summed E-state index contributed by atoms with van der Waals surface area (Å²) in [4.78, 5) is 3.39. The van der Waals surface area contributed by atoms with Crippen LogP contribution in [0.25, 0.3) is 16.6 Å². The monoisotopic (exact) mass is 213 g/mol. The van der Waals surface area contributed by atoms with Gasteiger partial charge in [0.15, 0.2) is 0 Å². The summed E-state index contributed by atoms with van der Waals surface area (Å²) in [6, 6.07) is 8.54. The molecule has 0 aliphatic carbocycles. The van der Waals surface area contributed by atoms with Gasteiger partial charge in [0.05, 0.1) is 0 Å². The average molecular weight is 213 g/mol. The summed E-state index contributed by atoms with van der Waals surface area (Å²) in [7, 11) is 1.82. The van der Waals surface area contributed by atoms with Gasteiger partial charge in [0.2, 0.25) is 0 Å². The van der Waals surface area contributed by atoms with E-state index >= 15 is 0 Å². The number of nitrogens with one attached hydrogen (secondary N) is 1. The zero-order valence-electron chi connectivity index (χ0n) is 10.3. The fraction of sp³-hybridized carbons (Fsp3) is 0.286. The number of aromatic nitrogens is 1. The van der Waals surface area contributed by atoms with Crippen LogP contribution in [0.2, 0.25) is 0 Å². The summed E-state index contributed by atoms with van der Waals surface area (Å²) < 4.78 is 0. The molecular weight excluding hydrogens is 196 g/mol. The van der Waals surface area contributed by atoms with Gasteiger partial charge in [-0.2, -0.15) is 0 Å². The topological polar surface area (TPSA) is 29.9 Å². The summed E-state index contributed by atoms with van der Waals surface area (Å²) in [5.74, 6) is 0. The summed E-state index contributed by atoms with van der Waals surface area (Å²) in [5, 5.41) is 4.22. The molecule has 2 heteroatoms. The fourth-order valence-corrected chi connectivity index (χ4v) is 1.89.